The standard InChI is InChI=1S/C13H15Cl3N2O2/c1-2-17-11-6-20-5-8(11)13(19)18-12-9(15)3-7(14)4-10(12)16/h3-4,8,11,17H,2,5-6H2,1H3,(H,18,19). The number of benzene rings is 1. The maximum Gasteiger partial charge on any atom is 0.231 e. The molecule has 0 aromatic heterocycles. The van der Waals surface area contributed by atoms with Crippen LogP contribution in [0.4, 0.5) is 5.69 Å². The van der Waals surface area contributed by atoms with Gasteiger partial charge in [-0.25, -0.2) is 0 Å². The van der Waals surface area contributed by atoms with Crippen molar-refractivity contribution in [2.24, 2.45) is 5.92 Å². The summed E-state index contributed by atoms with van der Waals surface area (Å²) in [5.74, 6) is -0.433. The lowest BCUT2D eigenvalue weighted by Gasteiger charge is -2.18. The molecule has 0 bridgehead atoms. The van der Waals surface area contributed by atoms with Crippen molar-refractivity contribution in [1.82, 2.24) is 5.32 Å². The van der Waals surface area contributed by atoms with E-state index in [9.17, 15) is 4.79 Å². The van der Waals surface area contributed by atoms with Gasteiger partial charge in [0.25, 0.3) is 0 Å². The first-order valence-corrected chi connectivity index (χ1v) is 7.42. The van der Waals surface area contributed by atoms with Gasteiger partial charge in [0.1, 0.15) is 0 Å². The molecule has 0 aliphatic carbocycles. The normalized spacial score (nSPS) is 22.0. The molecule has 20 heavy (non-hydrogen) atoms. The molecular weight excluding hydrogens is 323 g/mol. The van der Waals surface area contributed by atoms with Crippen LogP contribution in [0.15, 0.2) is 12.1 Å². The van der Waals surface area contributed by atoms with Crippen molar-refractivity contribution < 1.29 is 9.53 Å². The van der Waals surface area contributed by atoms with Crippen LogP contribution in [0.3, 0.4) is 0 Å². The third-order valence-corrected chi connectivity index (χ3v) is 3.95. The largest absolute Gasteiger partial charge is 0.379 e. The molecule has 1 amide bonds. The topological polar surface area (TPSA) is 50.4 Å². The number of anilines is 1. The molecular formula is C13H15Cl3N2O2. The molecule has 1 saturated heterocycles. The minimum Gasteiger partial charge on any atom is -0.379 e. The van der Waals surface area contributed by atoms with E-state index in [1.165, 1.54) is 12.1 Å². The van der Waals surface area contributed by atoms with Crippen molar-refractivity contribution in [2.45, 2.75) is 13.0 Å². The first-order valence-electron chi connectivity index (χ1n) is 6.29. The molecule has 2 atom stereocenters. The van der Waals surface area contributed by atoms with Crippen LogP contribution in [0.1, 0.15) is 6.92 Å². The number of halogens is 3. The van der Waals surface area contributed by atoms with E-state index >= 15 is 0 Å². The van der Waals surface area contributed by atoms with E-state index in [0.29, 0.717) is 34.0 Å². The van der Waals surface area contributed by atoms with Crippen LogP contribution in [0, 0.1) is 5.92 Å². The fourth-order valence-corrected chi connectivity index (χ4v) is 3.07. The zero-order chi connectivity index (χ0) is 14.7. The van der Waals surface area contributed by atoms with Gasteiger partial charge < -0.3 is 15.4 Å². The predicted molar refractivity (Wildman–Crippen MR) is 81.9 cm³/mol. The summed E-state index contributed by atoms with van der Waals surface area (Å²) in [7, 11) is 0. The SMILES string of the molecule is CCNC1COCC1C(=O)Nc1c(Cl)cc(Cl)cc1Cl. The van der Waals surface area contributed by atoms with E-state index in [4.69, 9.17) is 39.5 Å². The Hall–Kier alpha value is -0.520. The van der Waals surface area contributed by atoms with E-state index in [0.717, 1.165) is 6.54 Å². The van der Waals surface area contributed by atoms with Gasteiger partial charge in [0.2, 0.25) is 5.91 Å². The monoisotopic (exact) mass is 336 g/mol. The summed E-state index contributed by atoms with van der Waals surface area (Å²) in [6.07, 6.45) is 0. The molecule has 2 rings (SSSR count). The molecule has 0 radical (unpaired) electrons. The maximum absolute atomic E-state index is 12.3. The highest BCUT2D eigenvalue weighted by molar-refractivity contribution is 6.42. The fourth-order valence-electron chi connectivity index (χ4n) is 2.15. The molecule has 0 spiro atoms. The number of likely N-dealkylation sites (N-methyl/N-ethyl adjacent to an activating group) is 1. The van der Waals surface area contributed by atoms with Crippen molar-refractivity contribution in [2.75, 3.05) is 25.1 Å². The molecule has 1 fully saturated rings. The number of ether oxygens (including phenoxy) is 1. The van der Waals surface area contributed by atoms with Gasteiger partial charge in [0, 0.05) is 11.1 Å². The van der Waals surface area contributed by atoms with Gasteiger partial charge in [0.15, 0.2) is 0 Å². The van der Waals surface area contributed by atoms with E-state index in [-0.39, 0.29) is 17.9 Å². The number of carbonyl (C=O) groups is 1. The Bertz CT molecular complexity index is 487. The third-order valence-electron chi connectivity index (χ3n) is 3.14. The summed E-state index contributed by atoms with van der Waals surface area (Å²) in [5, 5.41) is 7.03. The van der Waals surface area contributed by atoms with Crippen LogP contribution >= 0.6 is 34.8 Å². The predicted octanol–water partition coefficient (Wildman–Crippen LogP) is 3.21. The molecule has 2 unspecified atom stereocenters. The highest BCUT2D eigenvalue weighted by atomic mass is 35.5. The van der Waals surface area contributed by atoms with E-state index < -0.39 is 0 Å². The second kappa shape index (κ2) is 6.96. The molecule has 4 nitrogen and oxygen atoms in total. The van der Waals surface area contributed by atoms with Crippen molar-refractivity contribution in [1.29, 1.82) is 0 Å². The lowest BCUT2D eigenvalue weighted by atomic mass is 10.0. The van der Waals surface area contributed by atoms with Crippen LogP contribution in [0.2, 0.25) is 15.1 Å². The maximum atomic E-state index is 12.3. The summed E-state index contributed by atoms with van der Waals surface area (Å²) >= 11 is 17.9. The van der Waals surface area contributed by atoms with Gasteiger partial charge in [-0.3, -0.25) is 4.79 Å². The number of rotatable bonds is 4. The lowest BCUT2D eigenvalue weighted by Crippen LogP contribution is -2.41. The number of carbonyl (C=O) groups excluding carboxylic acids is 1. The van der Waals surface area contributed by atoms with Crippen molar-refractivity contribution >= 4 is 46.4 Å². The van der Waals surface area contributed by atoms with Crippen molar-refractivity contribution in [3.63, 3.8) is 0 Å². The summed E-state index contributed by atoms with van der Waals surface area (Å²) in [6, 6.07) is 3.08. The Labute approximate surface area is 132 Å². The van der Waals surface area contributed by atoms with Crippen LogP contribution in [0.25, 0.3) is 0 Å². The zero-order valence-corrected chi connectivity index (χ0v) is 13.1. The number of amides is 1. The van der Waals surface area contributed by atoms with Gasteiger partial charge in [0.05, 0.1) is 34.9 Å². The minimum atomic E-state index is -0.266. The Kier molecular flexibility index (Phi) is 5.52. The van der Waals surface area contributed by atoms with Gasteiger partial charge in [-0.15, -0.1) is 0 Å². The van der Waals surface area contributed by atoms with Crippen molar-refractivity contribution in [3.8, 4) is 0 Å². The Morgan fingerprint density at radius 2 is 1.95 bits per heavy atom. The Balaban J connectivity index is 2.12. The minimum absolute atomic E-state index is 0.00449. The average molecular weight is 338 g/mol. The average Bonchev–Trinajstić information content (AvgIpc) is 2.82. The molecule has 1 aliphatic rings. The smallest absolute Gasteiger partial charge is 0.231 e. The highest BCUT2D eigenvalue weighted by Gasteiger charge is 2.33. The molecule has 0 saturated carbocycles. The number of hydrogen-bond donors (Lipinski definition) is 2. The number of nitrogens with one attached hydrogen (secondary N) is 2. The van der Waals surface area contributed by atoms with E-state index in [1.54, 1.807) is 0 Å². The van der Waals surface area contributed by atoms with Crippen LogP contribution < -0.4 is 10.6 Å². The van der Waals surface area contributed by atoms with Crippen LogP contribution in [-0.4, -0.2) is 31.7 Å². The molecule has 1 aliphatic heterocycles. The summed E-state index contributed by atoms with van der Waals surface area (Å²) in [5.41, 5.74) is 0.380. The highest BCUT2D eigenvalue weighted by Crippen LogP contribution is 2.34. The first kappa shape index (κ1) is 15.9. The van der Waals surface area contributed by atoms with E-state index in [1.807, 2.05) is 6.92 Å². The van der Waals surface area contributed by atoms with Gasteiger partial charge in [-0.2, -0.15) is 0 Å². The molecule has 1 aromatic carbocycles. The quantitative estimate of drug-likeness (QED) is 0.887. The summed E-state index contributed by atoms with van der Waals surface area (Å²) < 4.78 is 5.35. The molecule has 110 valence electrons. The van der Waals surface area contributed by atoms with Crippen LogP contribution in [0.5, 0.6) is 0 Å². The molecule has 1 aromatic rings. The van der Waals surface area contributed by atoms with Gasteiger partial charge >= 0.3 is 0 Å². The fraction of sp³-hybridized carbons (Fsp3) is 0.462. The summed E-state index contributed by atoms with van der Waals surface area (Å²) in [6.45, 7) is 3.67. The summed E-state index contributed by atoms with van der Waals surface area (Å²) in [4.78, 5) is 12.3. The lowest BCUT2D eigenvalue weighted by molar-refractivity contribution is -0.120. The van der Waals surface area contributed by atoms with Crippen LogP contribution in [-0.2, 0) is 9.53 Å². The molecule has 7 heteroatoms. The second-order valence-corrected chi connectivity index (χ2v) is 5.79. The Morgan fingerprint density at radius 1 is 1.30 bits per heavy atom. The molecule has 1 heterocycles. The van der Waals surface area contributed by atoms with Gasteiger partial charge in [-0.1, -0.05) is 41.7 Å². The van der Waals surface area contributed by atoms with Gasteiger partial charge in [-0.05, 0) is 18.7 Å². The second-order valence-electron chi connectivity index (χ2n) is 4.54. The van der Waals surface area contributed by atoms with E-state index in [2.05, 4.69) is 10.6 Å². The number of hydrogen-bond acceptors (Lipinski definition) is 3. The Morgan fingerprint density at radius 3 is 2.55 bits per heavy atom. The van der Waals surface area contributed by atoms with Crippen molar-refractivity contribution in [3.05, 3.63) is 27.2 Å². The zero-order valence-electron chi connectivity index (χ0n) is 10.9. The first-order chi connectivity index (χ1) is 9.52. The third kappa shape index (κ3) is 3.57. The molecule has 2 N–H and O–H groups in total.